The molecular weight excluding hydrogens is 256 g/mol. The zero-order chi connectivity index (χ0) is 14.1. The highest BCUT2D eigenvalue weighted by molar-refractivity contribution is 5.87. The van der Waals surface area contributed by atoms with E-state index in [0.29, 0.717) is 22.6 Å². The van der Waals surface area contributed by atoms with Crippen molar-refractivity contribution in [2.45, 2.75) is 0 Å². The molecular formula is C14H8N4O2. The van der Waals surface area contributed by atoms with Gasteiger partial charge in [-0.2, -0.15) is 5.26 Å². The minimum atomic E-state index is -1.02. The Kier molecular flexibility index (Phi) is 2.66. The van der Waals surface area contributed by atoms with Gasteiger partial charge in [0.25, 0.3) is 0 Å². The van der Waals surface area contributed by atoms with Crippen LogP contribution in [0.25, 0.3) is 17.0 Å². The van der Waals surface area contributed by atoms with E-state index < -0.39 is 5.97 Å². The number of hydrogen-bond donors (Lipinski definition) is 1. The van der Waals surface area contributed by atoms with Gasteiger partial charge in [-0.15, -0.1) is 10.2 Å². The van der Waals surface area contributed by atoms with Crippen LogP contribution in [0.5, 0.6) is 0 Å². The summed E-state index contributed by atoms with van der Waals surface area (Å²) in [7, 11) is 0. The van der Waals surface area contributed by atoms with Gasteiger partial charge in [-0.3, -0.25) is 4.40 Å². The van der Waals surface area contributed by atoms with Gasteiger partial charge in [0.2, 0.25) is 0 Å². The lowest BCUT2D eigenvalue weighted by atomic mass is 10.1. The summed E-state index contributed by atoms with van der Waals surface area (Å²) in [6.07, 6.45) is 1.46. The molecule has 0 aliphatic carbocycles. The molecule has 20 heavy (non-hydrogen) atoms. The van der Waals surface area contributed by atoms with Crippen LogP contribution in [0.4, 0.5) is 0 Å². The quantitative estimate of drug-likeness (QED) is 0.764. The molecule has 0 aliphatic heterocycles. The average Bonchev–Trinajstić information content (AvgIpc) is 2.90. The Labute approximate surface area is 113 Å². The number of carbonyl (C=O) groups is 1. The second-order valence-electron chi connectivity index (χ2n) is 4.17. The van der Waals surface area contributed by atoms with Crippen LogP contribution in [0, 0.1) is 11.3 Å². The number of nitrogens with zero attached hydrogens (tertiary/aromatic N) is 4. The van der Waals surface area contributed by atoms with Crippen molar-refractivity contribution >= 4 is 11.6 Å². The molecule has 6 heteroatoms. The molecule has 0 unspecified atom stereocenters. The van der Waals surface area contributed by atoms with E-state index in [-0.39, 0.29) is 5.56 Å². The van der Waals surface area contributed by atoms with Gasteiger partial charge in [0.1, 0.15) is 0 Å². The first-order chi connectivity index (χ1) is 9.69. The summed E-state index contributed by atoms with van der Waals surface area (Å²) < 4.78 is 1.60. The minimum Gasteiger partial charge on any atom is -0.478 e. The van der Waals surface area contributed by atoms with Crippen molar-refractivity contribution in [3.63, 3.8) is 0 Å². The van der Waals surface area contributed by atoms with Gasteiger partial charge in [-0.1, -0.05) is 12.1 Å². The molecule has 0 atom stereocenters. The highest BCUT2D eigenvalue weighted by Crippen LogP contribution is 2.20. The summed E-state index contributed by atoms with van der Waals surface area (Å²) in [6.45, 7) is 0. The first-order valence-electron chi connectivity index (χ1n) is 5.77. The Morgan fingerprint density at radius 1 is 1.25 bits per heavy atom. The smallest absolute Gasteiger partial charge is 0.337 e. The number of rotatable bonds is 2. The monoisotopic (exact) mass is 264 g/mol. The number of pyridine rings is 1. The molecule has 3 rings (SSSR count). The molecule has 3 aromatic rings. The van der Waals surface area contributed by atoms with Gasteiger partial charge < -0.3 is 5.11 Å². The van der Waals surface area contributed by atoms with Gasteiger partial charge in [0, 0.05) is 11.8 Å². The van der Waals surface area contributed by atoms with Gasteiger partial charge >= 0.3 is 5.97 Å². The number of aromatic nitrogens is 3. The van der Waals surface area contributed by atoms with Crippen molar-refractivity contribution in [3.8, 4) is 17.5 Å². The third kappa shape index (κ3) is 1.87. The normalized spacial score (nSPS) is 10.3. The Balaban J connectivity index is 2.23. The molecule has 96 valence electrons. The fraction of sp³-hybridized carbons (Fsp3) is 0. The van der Waals surface area contributed by atoms with Crippen LogP contribution in [0.2, 0.25) is 0 Å². The molecule has 0 amide bonds. The fourth-order valence-electron chi connectivity index (χ4n) is 1.94. The summed E-state index contributed by atoms with van der Waals surface area (Å²) in [5.41, 5.74) is 1.91. The second kappa shape index (κ2) is 4.48. The van der Waals surface area contributed by atoms with Crippen LogP contribution in [0.3, 0.4) is 0 Å². The van der Waals surface area contributed by atoms with E-state index >= 15 is 0 Å². The third-order valence-electron chi connectivity index (χ3n) is 2.90. The molecule has 6 nitrogen and oxygen atoms in total. The summed E-state index contributed by atoms with van der Waals surface area (Å²) in [5, 5.41) is 26.0. The summed E-state index contributed by atoms with van der Waals surface area (Å²) in [6, 6.07) is 12.0. The number of hydrogen-bond acceptors (Lipinski definition) is 4. The van der Waals surface area contributed by atoms with Crippen LogP contribution in [-0.4, -0.2) is 25.7 Å². The fourth-order valence-corrected chi connectivity index (χ4v) is 1.94. The minimum absolute atomic E-state index is 0.148. The summed E-state index contributed by atoms with van der Waals surface area (Å²) in [4.78, 5) is 11.0. The number of carboxylic acids is 1. The lowest BCUT2D eigenvalue weighted by Gasteiger charge is -2.01. The maximum Gasteiger partial charge on any atom is 0.337 e. The van der Waals surface area contributed by atoms with Crippen LogP contribution in [-0.2, 0) is 0 Å². The van der Waals surface area contributed by atoms with Crippen molar-refractivity contribution in [1.29, 1.82) is 5.26 Å². The second-order valence-corrected chi connectivity index (χ2v) is 4.17. The predicted octanol–water partition coefficient (Wildman–Crippen LogP) is 1.97. The van der Waals surface area contributed by atoms with Crippen LogP contribution >= 0.6 is 0 Å². The van der Waals surface area contributed by atoms with E-state index in [0.717, 1.165) is 0 Å². The van der Waals surface area contributed by atoms with Crippen LogP contribution in [0.1, 0.15) is 15.9 Å². The lowest BCUT2D eigenvalue weighted by molar-refractivity contribution is 0.0696. The van der Waals surface area contributed by atoms with E-state index in [1.807, 2.05) is 0 Å². The molecule has 2 aromatic heterocycles. The third-order valence-corrected chi connectivity index (χ3v) is 2.90. The molecule has 0 bridgehead atoms. The molecule has 0 aliphatic rings. The highest BCUT2D eigenvalue weighted by Gasteiger charge is 2.11. The van der Waals surface area contributed by atoms with Crippen molar-refractivity contribution in [3.05, 3.63) is 53.7 Å². The first kappa shape index (κ1) is 11.9. The van der Waals surface area contributed by atoms with Gasteiger partial charge in [-0.25, -0.2) is 4.79 Å². The highest BCUT2D eigenvalue weighted by atomic mass is 16.4. The zero-order valence-electron chi connectivity index (χ0n) is 10.2. The van der Waals surface area contributed by atoms with Gasteiger partial charge in [0.15, 0.2) is 11.5 Å². The molecule has 0 radical (unpaired) electrons. The van der Waals surface area contributed by atoms with Gasteiger partial charge in [-0.05, 0) is 24.3 Å². The number of benzene rings is 1. The predicted molar refractivity (Wildman–Crippen MR) is 70.1 cm³/mol. The number of nitriles is 1. The van der Waals surface area contributed by atoms with Crippen molar-refractivity contribution < 1.29 is 9.90 Å². The summed E-state index contributed by atoms with van der Waals surface area (Å²) in [5.74, 6) is -0.516. The van der Waals surface area contributed by atoms with E-state index in [4.69, 9.17) is 10.4 Å². The van der Waals surface area contributed by atoms with Gasteiger partial charge in [0.05, 0.1) is 17.2 Å². The van der Waals surface area contributed by atoms with Crippen molar-refractivity contribution in [2.24, 2.45) is 0 Å². The van der Waals surface area contributed by atoms with Crippen molar-refractivity contribution in [1.82, 2.24) is 14.6 Å². The molecule has 2 heterocycles. The first-order valence-corrected chi connectivity index (χ1v) is 5.77. The zero-order valence-corrected chi connectivity index (χ0v) is 10.2. The Hall–Kier alpha value is -3.20. The number of carboxylic acid groups (broad SMARTS) is 1. The maximum absolute atomic E-state index is 11.0. The lowest BCUT2D eigenvalue weighted by Crippen LogP contribution is -1.99. The number of fused-ring (bicyclic) bond motifs is 1. The van der Waals surface area contributed by atoms with E-state index in [1.54, 1.807) is 34.7 Å². The molecule has 0 spiro atoms. The topological polar surface area (TPSA) is 91.3 Å². The maximum atomic E-state index is 11.0. The van der Waals surface area contributed by atoms with Crippen LogP contribution < -0.4 is 0 Å². The van der Waals surface area contributed by atoms with E-state index in [2.05, 4.69) is 16.3 Å². The Morgan fingerprint density at radius 2 is 2.10 bits per heavy atom. The molecule has 0 saturated heterocycles. The standard InChI is InChI=1S/C14H8N4O2/c15-7-9-2-1-3-10(6-9)13-17-16-12-5-4-11(14(19)20)8-18(12)13/h1-6,8H,(H,19,20). The van der Waals surface area contributed by atoms with Crippen LogP contribution in [0.15, 0.2) is 42.6 Å². The molecule has 0 saturated carbocycles. The van der Waals surface area contributed by atoms with E-state index in [9.17, 15) is 4.79 Å². The Morgan fingerprint density at radius 3 is 2.85 bits per heavy atom. The molecule has 1 aromatic carbocycles. The SMILES string of the molecule is N#Cc1cccc(-c2nnc3ccc(C(=O)O)cn23)c1. The largest absolute Gasteiger partial charge is 0.478 e. The summed E-state index contributed by atoms with van der Waals surface area (Å²) >= 11 is 0. The number of aromatic carboxylic acids is 1. The Bertz CT molecular complexity index is 861. The molecule has 0 fully saturated rings. The molecule has 1 N–H and O–H groups in total. The van der Waals surface area contributed by atoms with E-state index in [1.165, 1.54) is 12.3 Å². The van der Waals surface area contributed by atoms with Crippen molar-refractivity contribution in [2.75, 3.05) is 0 Å². The average molecular weight is 264 g/mol.